The second-order valence-electron chi connectivity index (χ2n) is 6.73. The zero-order chi connectivity index (χ0) is 21.0. The average molecular weight is 420 g/mol. The number of hydrogen-bond acceptors (Lipinski definition) is 6. The van der Waals surface area contributed by atoms with Gasteiger partial charge in [-0.1, -0.05) is 41.0 Å². The molecule has 2 aromatic carbocycles. The Morgan fingerprint density at radius 2 is 1.90 bits per heavy atom. The minimum absolute atomic E-state index is 0.529. The quantitative estimate of drug-likeness (QED) is 0.361. The lowest BCUT2D eigenvalue weighted by molar-refractivity contribution is -0.130. The molecule has 1 aliphatic rings. The van der Waals surface area contributed by atoms with Crippen LogP contribution < -0.4 is 4.74 Å². The number of aliphatic hydroxyl groups excluding tert-OH is 3. The molecule has 1 aliphatic heterocycles. The van der Waals surface area contributed by atoms with Gasteiger partial charge in [0.2, 0.25) is 0 Å². The Balaban J connectivity index is 1.87. The van der Waals surface area contributed by atoms with E-state index in [-0.39, 0.29) is 0 Å². The number of ether oxygens (including phenoxy) is 2. The van der Waals surface area contributed by atoms with Crippen LogP contribution in [0.4, 0.5) is 0 Å². The summed E-state index contributed by atoms with van der Waals surface area (Å²) in [6, 6.07) is 11.8. The first-order valence-electron chi connectivity index (χ1n) is 9.18. The molecule has 29 heavy (non-hydrogen) atoms. The normalized spacial score (nSPS) is 24.7. The number of benzene rings is 2. The van der Waals surface area contributed by atoms with Crippen LogP contribution in [0, 0.1) is 0 Å². The molecule has 0 saturated carbocycles. The Bertz CT molecular complexity index is 888. The molecule has 1 heterocycles. The molecule has 3 rings (SSSR count). The van der Waals surface area contributed by atoms with Crippen LogP contribution >= 0.6 is 11.6 Å². The van der Waals surface area contributed by atoms with Gasteiger partial charge in [-0.15, -0.1) is 0 Å². The molecule has 1 unspecified atom stereocenters. The molecule has 8 nitrogen and oxygen atoms in total. The molecule has 9 heteroatoms. The van der Waals surface area contributed by atoms with Crippen molar-refractivity contribution in [3.05, 3.63) is 74.6 Å². The van der Waals surface area contributed by atoms with Crippen molar-refractivity contribution >= 4 is 11.6 Å². The second kappa shape index (κ2) is 9.45. The zero-order valence-corrected chi connectivity index (χ0v) is 16.5. The smallest absolute Gasteiger partial charge is 0.183 e. The molecule has 0 aliphatic carbocycles. The van der Waals surface area contributed by atoms with Gasteiger partial charge in [-0.2, -0.15) is 0 Å². The fraction of sp³-hybridized carbons (Fsp3) is 0.400. The molecule has 2 aromatic rings. The van der Waals surface area contributed by atoms with E-state index in [1.54, 1.807) is 18.2 Å². The second-order valence-corrected chi connectivity index (χ2v) is 7.13. The number of hydrogen-bond donors (Lipinski definition) is 3. The standard InChI is InChI=1S/C20H22ClN3O5/c1-2-28-14-6-3-11(4-7-14)9-13-10-12(5-8-15(13)21)16(23-24-22)19-17(25)18(26)20(27)29-19/h3-8,10,16-20,25-27H,2,9H2,1H3/t16?,17-,18-,19-,20+/m0/s1. The van der Waals surface area contributed by atoms with E-state index in [0.717, 1.165) is 16.9 Å². The zero-order valence-electron chi connectivity index (χ0n) is 15.7. The lowest BCUT2D eigenvalue weighted by atomic mass is 9.94. The summed E-state index contributed by atoms with van der Waals surface area (Å²) in [4.78, 5) is 2.83. The van der Waals surface area contributed by atoms with E-state index in [4.69, 9.17) is 26.6 Å². The number of halogens is 1. The fourth-order valence-corrected chi connectivity index (χ4v) is 3.51. The predicted molar refractivity (Wildman–Crippen MR) is 107 cm³/mol. The van der Waals surface area contributed by atoms with E-state index in [9.17, 15) is 15.3 Å². The molecular formula is C20H22ClN3O5. The summed E-state index contributed by atoms with van der Waals surface area (Å²) in [7, 11) is 0. The molecule has 3 N–H and O–H groups in total. The van der Waals surface area contributed by atoms with E-state index in [0.29, 0.717) is 23.6 Å². The highest BCUT2D eigenvalue weighted by molar-refractivity contribution is 6.31. The van der Waals surface area contributed by atoms with Crippen LogP contribution in [0.1, 0.15) is 29.7 Å². The number of aliphatic hydroxyl groups is 3. The van der Waals surface area contributed by atoms with E-state index in [1.807, 2.05) is 31.2 Å². The highest BCUT2D eigenvalue weighted by atomic mass is 35.5. The van der Waals surface area contributed by atoms with Crippen molar-refractivity contribution in [2.24, 2.45) is 5.11 Å². The summed E-state index contributed by atoms with van der Waals surface area (Å²) in [5.41, 5.74) is 11.3. The van der Waals surface area contributed by atoms with Gasteiger partial charge in [0, 0.05) is 9.93 Å². The van der Waals surface area contributed by atoms with Gasteiger partial charge in [0.15, 0.2) is 6.29 Å². The maximum Gasteiger partial charge on any atom is 0.183 e. The molecule has 154 valence electrons. The largest absolute Gasteiger partial charge is 0.494 e. The van der Waals surface area contributed by atoms with Crippen molar-refractivity contribution in [2.75, 3.05) is 6.61 Å². The maximum atomic E-state index is 10.2. The van der Waals surface area contributed by atoms with Gasteiger partial charge < -0.3 is 24.8 Å². The van der Waals surface area contributed by atoms with Crippen LogP contribution in [0.3, 0.4) is 0 Å². The molecule has 0 radical (unpaired) electrons. The third-order valence-electron chi connectivity index (χ3n) is 4.80. The Morgan fingerprint density at radius 1 is 1.17 bits per heavy atom. The Hall–Kier alpha value is -2.32. The van der Waals surface area contributed by atoms with Crippen LogP contribution in [0.15, 0.2) is 47.6 Å². The fourth-order valence-electron chi connectivity index (χ4n) is 3.33. The number of azide groups is 1. The van der Waals surface area contributed by atoms with Crippen LogP contribution in [0.25, 0.3) is 10.4 Å². The van der Waals surface area contributed by atoms with Crippen LogP contribution in [-0.2, 0) is 11.2 Å². The van der Waals surface area contributed by atoms with E-state index in [1.165, 1.54) is 0 Å². The van der Waals surface area contributed by atoms with Gasteiger partial charge in [-0.25, -0.2) is 0 Å². The molecule has 0 bridgehead atoms. The van der Waals surface area contributed by atoms with Crippen molar-refractivity contribution in [2.45, 2.75) is 44.0 Å². The summed E-state index contributed by atoms with van der Waals surface area (Å²) in [5, 5.41) is 33.8. The third-order valence-corrected chi connectivity index (χ3v) is 5.17. The minimum Gasteiger partial charge on any atom is -0.494 e. The summed E-state index contributed by atoms with van der Waals surface area (Å²) < 4.78 is 10.7. The first kappa shape index (κ1) is 21.4. The van der Waals surface area contributed by atoms with E-state index in [2.05, 4.69) is 10.0 Å². The molecule has 1 fully saturated rings. The molecule has 0 aromatic heterocycles. The van der Waals surface area contributed by atoms with Gasteiger partial charge in [-0.3, -0.25) is 0 Å². The van der Waals surface area contributed by atoms with Crippen molar-refractivity contribution in [3.63, 3.8) is 0 Å². The van der Waals surface area contributed by atoms with Crippen molar-refractivity contribution in [1.82, 2.24) is 0 Å². The summed E-state index contributed by atoms with van der Waals surface area (Å²) in [6.45, 7) is 2.51. The lowest BCUT2D eigenvalue weighted by Crippen LogP contribution is -2.34. The van der Waals surface area contributed by atoms with Crippen LogP contribution in [0.5, 0.6) is 5.75 Å². The number of nitrogens with zero attached hydrogens (tertiary/aromatic N) is 3. The molecular weight excluding hydrogens is 398 g/mol. The Labute approximate surface area is 172 Å². The van der Waals surface area contributed by atoms with Crippen LogP contribution in [-0.4, -0.2) is 46.5 Å². The van der Waals surface area contributed by atoms with Gasteiger partial charge in [-0.05, 0) is 53.8 Å². The molecule has 0 spiro atoms. The first-order valence-corrected chi connectivity index (χ1v) is 9.56. The highest BCUT2D eigenvalue weighted by Crippen LogP contribution is 2.35. The van der Waals surface area contributed by atoms with Gasteiger partial charge in [0.25, 0.3) is 0 Å². The first-order chi connectivity index (χ1) is 13.9. The average Bonchev–Trinajstić information content (AvgIpc) is 2.97. The van der Waals surface area contributed by atoms with Gasteiger partial charge in [0.1, 0.15) is 24.1 Å². The Morgan fingerprint density at radius 3 is 2.48 bits per heavy atom. The van der Waals surface area contributed by atoms with E-state index >= 15 is 0 Å². The monoisotopic (exact) mass is 419 g/mol. The summed E-state index contributed by atoms with van der Waals surface area (Å²) >= 11 is 6.35. The summed E-state index contributed by atoms with van der Waals surface area (Å²) in [6.07, 6.45) is -4.99. The Kier molecular flexibility index (Phi) is 6.97. The number of rotatable bonds is 7. The topological polar surface area (TPSA) is 128 Å². The van der Waals surface area contributed by atoms with Crippen molar-refractivity contribution in [1.29, 1.82) is 0 Å². The minimum atomic E-state index is -1.55. The highest BCUT2D eigenvalue weighted by Gasteiger charge is 2.45. The molecule has 5 atom stereocenters. The van der Waals surface area contributed by atoms with Gasteiger partial charge in [0.05, 0.1) is 12.6 Å². The lowest BCUT2D eigenvalue weighted by Gasteiger charge is -2.22. The maximum absolute atomic E-state index is 10.2. The summed E-state index contributed by atoms with van der Waals surface area (Å²) in [5.74, 6) is 0.781. The predicted octanol–water partition coefficient (Wildman–Crippen LogP) is 3.12. The van der Waals surface area contributed by atoms with Crippen LogP contribution in [0.2, 0.25) is 5.02 Å². The molecule has 0 amide bonds. The SMILES string of the molecule is CCOc1ccc(Cc2cc(C(N=[N+]=[N-])[C@@H]3O[C@@H](O)[C@@H](O)[C@@H]3O)ccc2Cl)cc1. The van der Waals surface area contributed by atoms with Crippen molar-refractivity contribution < 1.29 is 24.8 Å². The van der Waals surface area contributed by atoms with E-state index < -0.39 is 30.6 Å². The molecule has 1 saturated heterocycles. The van der Waals surface area contributed by atoms with Gasteiger partial charge >= 0.3 is 0 Å². The van der Waals surface area contributed by atoms with Crippen molar-refractivity contribution in [3.8, 4) is 5.75 Å². The third kappa shape index (κ3) is 4.82.